The van der Waals surface area contributed by atoms with Crippen LogP contribution in [0.25, 0.3) is 11.3 Å². The highest BCUT2D eigenvalue weighted by Gasteiger charge is 2.05. The molecule has 1 heterocycles. The average Bonchev–Trinajstić information content (AvgIpc) is 2.77. The number of nitrogens with zero attached hydrogens (tertiary/aromatic N) is 1. The minimum absolute atomic E-state index is 0.817. The highest BCUT2D eigenvalue weighted by molar-refractivity contribution is 9.10. The van der Waals surface area contributed by atoms with Gasteiger partial charge in [-0.1, -0.05) is 0 Å². The highest BCUT2D eigenvalue weighted by atomic mass is 79.9. The molecule has 0 bridgehead atoms. The van der Waals surface area contributed by atoms with Crippen LogP contribution in [-0.2, 0) is 0 Å². The molecule has 2 aromatic rings. The lowest BCUT2D eigenvalue weighted by Crippen LogP contribution is -1.85. The van der Waals surface area contributed by atoms with Crippen molar-refractivity contribution in [1.82, 2.24) is 10.2 Å². The minimum atomic E-state index is 0.817. The Morgan fingerprint density at radius 1 is 1.38 bits per heavy atom. The number of hydrogen-bond donors (Lipinski definition) is 2. The van der Waals surface area contributed by atoms with Crippen LogP contribution in [0.2, 0.25) is 0 Å². The molecule has 16 heavy (non-hydrogen) atoms. The third-order valence-electron chi connectivity index (χ3n) is 2.30. The number of hydrogen-bond acceptors (Lipinski definition) is 3. The number of halogens is 1. The summed E-state index contributed by atoms with van der Waals surface area (Å²) in [6.07, 6.45) is 0. The molecule has 0 amide bonds. The number of methoxy groups -OCH3 is 1. The number of anilines is 1. The maximum Gasteiger partial charge on any atom is 0.148 e. The van der Waals surface area contributed by atoms with E-state index in [9.17, 15) is 0 Å². The molecule has 5 heteroatoms. The summed E-state index contributed by atoms with van der Waals surface area (Å²) >= 11 is 3.45. The second kappa shape index (κ2) is 4.57. The van der Waals surface area contributed by atoms with Gasteiger partial charge in [-0.05, 0) is 34.1 Å². The molecular weight excluding hydrogens is 270 g/mol. The predicted octanol–water partition coefficient (Wildman–Crippen LogP) is 2.89. The van der Waals surface area contributed by atoms with E-state index in [1.165, 1.54) is 0 Å². The number of H-pyrrole nitrogens is 1. The van der Waals surface area contributed by atoms with Crippen LogP contribution in [-0.4, -0.2) is 24.4 Å². The second-order valence-corrected chi connectivity index (χ2v) is 4.12. The molecule has 0 saturated carbocycles. The van der Waals surface area contributed by atoms with Crippen LogP contribution in [0, 0.1) is 0 Å². The Balaban J connectivity index is 2.37. The standard InChI is InChI=1S/C11H12BrN3O/c1-13-11-6-9(14-15-11)7-3-4-10(16-2)8(12)5-7/h3-6H,1-2H3,(H2,13,14,15). The zero-order valence-corrected chi connectivity index (χ0v) is 10.6. The molecule has 1 aromatic carbocycles. The number of nitrogens with one attached hydrogen (secondary N) is 2. The summed E-state index contributed by atoms with van der Waals surface area (Å²) in [5.74, 6) is 1.64. The highest BCUT2D eigenvalue weighted by Crippen LogP contribution is 2.30. The first-order chi connectivity index (χ1) is 7.74. The van der Waals surface area contributed by atoms with Gasteiger partial charge in [0.25, 0.3) is 0 Å². The molecule has 0 aliphatic heterocycles. The number of aromatic nitrogens is 2. The molecule has 0 atom stereocenters. The predicted molar refractivity (Wildman–Crippen MR) is 67.8 cm³/mol. The summed E-state index contributed by atoms with van der Waals surface area (Å²) in [6, 6.07) is 7.84. The first-order valence-corrected chi connectivity index (χ1v) is 5.61. The molecular formula is C11H12BrN3O. The van der Waals surface area contributed by atoms with Crippen LogP contribution in [0.4, 0.5) is 5.82 Å². The summed E-state index contributed by atoms with van der Waals surface area (Å²) in [6.45, 7) is 0. The molecule has 1 aromatic heterocycles. The van der Waals surface area contributed by atoms with Gasteiger partial charge in [-0.25, -0.2) is 0 Å². The first-order valence-electron chi connectivity index (χ1n) is 4.81. The van der Waals surface area contributed by atoms with Gasteiger partial charge in [-0.2, -0.15) is 5.10 Å². The monoisotopic (exact) mass is 281 g/mol. The molecule has 0 radical (unpaired) electrons. The lowest BCUT2D eigenvalue weighted by Gasteiger charge is -2.04. The van der Waals surface area contributed by atoms with Crippen LogP contribution < -0.4 is 10.1 Å². The van der Waals surface area contributed by atoms with Gasteiger partial charge in [0, 0.05) is 18.7 Å². The maximum absolute atomic E-state index is 5.18. The Morgan fingerprint density at radius 2 is 2.19 bits per heavy atom. The van der Waals surface area contributed by atoms with Gasteiger partial charge in [-0.3, -0.25) is 5.10 Å². The molecule has 0 fully saturated rings. The van der Waals surface area contributed by atoms with E-state index in [4.69, 9.17) is 4.74 Å². The summed E-state index contributed by atoms with van der Waals surface area (Å²) in [5, 5.41) is 10.0. The Morgan fingerprint density at radius 3 is 2.75 bits per heavy atom. The van der Waals surface area contributed by atoms with Gasteiger partial charge < -0.3 is 10.1 Å². The van der Waals surface area contributed by atoms with Crippen molar-refractivity contribution in [2.45, 2.75) is 0 Å². The third-order valence-corrected chi connectivity index (χ3v) is 2.92. The summed E-state index contributed by atoms with van der Waals surface area (Å²) in [4.78, 5) is 0. The molecule has 84 valence electrons. The molecule has 0 unspecified atom stereocenters. The summed E-state index contributed by atoms with van der Waals surface area (Å²) in [5.41, 5.74) is 2.02. The zero-order valence-electron chi connectivity index (χ0n) is 9.04. The van der Waals surface area contributed by atoms with Gasteiger partial charge in [0.05, 0.1) is 17.3 Å². The number of rotatable bonds is 3. The van der Waals surface area contributed by atoms with E-state index in [0.717, 1.165) is 27.3 Å². The summed E-state index contributed by atoms with van der Waals surface area (Å²) < 4.78 is 6.10. The molecule has 2 rings (SSSR count). The topological polar surface area (TPSA) is 49.9 Å². The van der Waals surface area contributed by atoms with Crippen molar-refractivity contribution in [2.24, 2.45) is 0 Å². The van der Waals surface area contributed by atoms with Crippen molar-refractivity contribution >= 4 is 21.7 Å². The Hall–Kier alpha value is -1.49. The maximum atomic E-state index is 5.18. The van der Waals surface area contributed by atoms with E-state index in [1.807, 2.05) is 31.3 Å². The van der Waals surface area contributed by atoms with Gasteiger partial charge in [0.15, 0.2) is 0 Å². The van der Waals surface area contributed by atoms with E-state index >= 15 is 0 Å². The fourth-order valence-corrected chi connectivity index (χ4v) is 1.97. The zero-order chi connectivity index (χ0) is 11.5. The molecule has 0 aliphatic carbocycles. The minimum Gasteiger partial charge on any atom is -0.496 e. The fourth-order valence-electron chi connectivity index (χ4n) is 1.43. The SMILES string of the molecule is CNc1cc(-c2ccc(OC)c(Br)c2)[nH]n1. The fraction of sp³-hybridized carbons (Fsp3) is 0.182. The van der Waals surface area contributed by atoms with E-state index < -0.39 is 0 Å². The first kappa shape index (κ1) is 11.0. The van der Waals surface area contributed by atoms with Crippen LogP contribution in [0.3, 0.4) is 0 Å². The number of ether oxygens (including phenoxy) is 1. The molecule has 4 nitrogen and oxygen atoms in total. The number of benzene rings is 1. The van der Waals surface area contributed by atoms with Crippen molar-refractivity contribution in [3.8, 4) is 17.0 Å². The van der Waals surface area contributed by atoms with Crippen LogP contribution >= 0.6 is 15.9 Å². The average molecular weight is 282 g/mol. The van der Waals surface area contributed by atoms with E-state index in [2.05, 4.69) is 31.4 Å². The van der Waals surface area contributed by atoms with Crippen LogP contribution in [0.15, 0.2) is 28.7 Å². The van der Waals surface area contributed by atoms with Gasteiger partial charge >= 0.3 is 0 Å². The Labute approximate surface area is 102 Å². The molecule has 0 aliphatic rings. The third kappa shape index (κ3) is 2.04. The Kier molecular flexibility index (Phi) is 3.14. The lowest BCUT2D eigenvalue weighted by molar-refractivity contribution is 0.412. The normalized spacial score (nSPS) is 10.2. The van der Waals surface area contributed by atoms with Crippen molar-refractivity contribution in [3.63, 3.8) is 0 Å². The van der Waals surface area contributed by atoms with Gasteiger partial charge in [0.2, 0.25) is 0 Å². The number of aromatic amines is 1. The van der Waals surface area contributed by atoms with E-state index in [0.29, 0.717) is 0 Å². The van der Waals surface area contributed by atoms with E-state index in [-0.39, 0.29) is 0 Å². The summed E-state index contributed by atoms with van der Waals surface area (Å²) in [7, 11) is 3.49. The van der Waals surface area contributed by atoms with Crippen molar-refractivity contribution < 1.29 is 4.74 Å². The Bertz CT molecular complexity index is 496. The molecule has 0 saturated heterocycles. The van der Waals surface area contributed by atoms with Gasteiger partial charge in [0.1, 0.15) is 11.6 Å². The second-order valence-electron chi connectivity index (χ2n) is 3.27. The molecule has 2 N–H and O–H groups in total. The van der Waals surface area contributed by atoms with Crippen molar-refractivity contribution in [3.05, 3.63) is 28.7 Å². The smallest absolute Gasteiger partial charge is 0.148 e. The molecule has 0 spiro atoms. The van der Waals surface area contributed by atoms with Crippen LogP contribution in [0.5, 0.6) is 5.75 Å². The van der Waals surface area contributed by atoms with Crippen molar-refractivity contribution in [1.29, 1.82) is 0 Å². The van der Waals surface area contributed by atoms with Gasteiger partial charge in [-0.15, -0.1) is 0 Å². The van der Waals surface area contributed by atoms with E-state index in [1.54, 1.807) is 7.11 Å². The van der Waals surface area contributed by atoms with Crippen molar-refractivity contribution in [2.75, 3.05) is 19.5 Å². The lowest BCUT2D eigenvalue weighted by atomic mass is 10.1. The largest absolute Gasteiger partial charge is 0.496 e. The quantitative estimate of drug-likeness (QED) is 0.910. The van der Waals surface area contributed by atoms with Crippen LogP contribution in [0.1, 0.15) is 0 Å².